The molecule has 0 fully saturated rings. The van der Waals surface area contributed by atoms with Crippen molar-refractivity contribution in [3.8, 4) is 22.3 Å². The van der Waals surface area contributed by atoms with E-state index in [0.29, 0.717) is 13.2 Å². The van der Waals surface area contributed by atoms with E-state index in [0.717, 1.165) is 12.8 Å². The number of hydrogen-bond acceptors (Lipinski definition) is 1. The molecule has 1 heteroatoms. The molecule has 0 amide bonds. The van der Waals surface area contributed by atoms with Crippen molar-refractivity contribution in [1.29, 1.82) is 0 Å². The zero-order valence-electron chi connectivity index (χ0n) is 15.7. The van der Waals surface area contributed by atoms with Gasteiger partial charge < -0.3 is 4.74 Å². The summed E-state index contributed by atoms with van der Waals surface area (Å²) in [4.78, 5) is 0. The third-order valence-electron chi connectivity index (χ3n) is 4.57. The second-order valence-electron chi connectivity index (χ2n) is 6.56. The maximum atomic E-state index is 5.71. The van der Waals surface area contributed by atoms with Gasteiger partial charge in [0.15, 0.2) is 0 Å². The van der Waals surface area contributed by atoms with Crippen LogP contribution in [0, 0.1) is 0 Å². The van der Waals surface area contributed by atoms with E-state index in [1.54, 1.807) is 0 Å². The molecule has 136 valence electrons. The van der Waals surface area contributed by atoms with Gasteiger partial charge in [-0.15, -0.1) is 13.2 Å². The molecule has 0 saturated carbocycles. The Bertz CT molecular complexity index is 876. The van der Waals surface area contributed by atoms with Crippen LogP contribution in [0.5, 0.6) is 0 Å². The Morgan fingerprint density at radius 2 is 1.44 bits per heavy atom. The molecular weight excluding hydrogens is 328 g/mol. The van der Waals surface area contributed by atoms with E-state index in [-0.39, 0.29) is 0 Å². The second kappa shape index (κ2) is 9.70. The molecule has 0 unspecified atom stereocenters. The molecule has 3 aromatic rings. The zero-order valence-corrected chi connectivity index (χ0v) is 15.7. The Morgan fingerprint density at radius 1 is 0.741 bits per heavy atom. The molecule has 0 saturated heterocycles. The summed E-state index contributed by atoms with van der Waals surface area (Å²) in [6, 6.07) is 25.8. The van der Waals surface area contributed by atoms with Crippen molar-refractivity contribution >= 4 is 0 Å². The first-order chi connectivity index (χ1) is 13.3. The molecule has 3 rings (SSSR count). The summed E-state index contributed by atoms with van der Waals surface area (Å²) in [6.45, 7) is 8.98. The number of hydrogen-bond donors (Lipinski definition) is 0. The number of allylic oxidation sites excluding steroid dienone is 1. The minimum Gasteiger partial charge on any atom is -0.376 e. The summed E-state index contributed by atoms with van der Waals surface area (Å²) in [6.07, 6.45) is 5.56. The van der Waals surface area contributed by atoms with Crippen LogP contribution >= 0.6 is 0 Å². The van der Waals surface area contributed by atoms with Crippen LogP contribution in [0.4, 0.5) is 0 Å². The average molecular weight is 354 g/mol. The number of ether oxygens (including phenoxy) is 1. The fraction of sp³-hybridized carbons (Fsp3) is 0.154. The van der Waals surface area contributed by atoms with E-state index in [9.17, 15) is 0 Å². The fourth-order valence-electron chi connectivity index (χ4n) is 3.17. The third kappa shape index (κ3) is 5.06. The average Bonchev–Trinajstić information content (AvgIpc) is 2.73. The van der Waals surface area contributed by atoms with E-state index < -0.39 is 0 Å². The Morgan fingerprint density at radius 3 is 2.15 bits per heavy atom. The molecule has 0 aliphatic heterocycles. The molecule has 0 aliphatic rings. The number of benzene rings is 3. The van der Waals surface area contributed by atoms with E-state index in [4.69, 9.17) is 4.74 Å². The maximum Gasteiger partial charge on any atom is 0.0717 e. The van der Waals surface area contributed by atoms with Gasteiger partial charge in [0.2, 0.25) is 0 Å². The van der Waals surface area contributed by atoms with E-state index in [1.165, 1.54) is 33.4 Å². The SMILES string of the molecule is C=CCCOCc1ccc(-c2ccc(-c3ccccc3)cc2)c(CC=C)c1. The summed E-state index contributed by atoms with van der Waals surface area (Å²) in [5.41, 5.74) is 7.43. The monoisotopic (exact) mass is 354 g/mol. The van der Waals surface area contributed by atoms with Gasteiger partial charge >= 0.3 is 0 Å². The molecule has 0 bridgehead atoms. The van der Waals surface area contributed by atoms with E-state index in [1.807, 2.05) is 18.2 Å². The van der Waals surface area contributed by atoms with Crippen molar-refractivity contribution in [1.82, 2.24) is 0 Å². The molecule has 0 aromatic heterocycles. The topological polar surface area (TPSA) is 9.23 Å². The molecule has 0 heterocycles. The highest BCUT2D eigenvalue weighted by Gasteiger charge is 2.07. The molecule has 0 spiro atoms. The Hall–Kier alpha value is -2.90. The minimum atomic E-state index is 0.630. The quantitative estimate of drug-likeness (QED) is 0.302. The van der Waals surface area contributed by atoms with Gasteiger partial charge in [0.1, 0.15) is 0 Å². The Kier molecular flexibility index (Phi) is 6.78. The summed E-state index contributed by atoms with van der Waals surface area (Å²) >= 11 is 0. The van der Waals surface area contributed by atoms with Crippen LogP contribution in [-0.2, 0) is 17.8 Å². The summed E-state index contributed by atoms with van der Waals surface area (Å²) < 4.78 is 5.71. The molecule has 0 radical (unpaired) electrons. The van der Waals surface area contributed by atoms with Crippen LogP contribution in [-0.4, -0.2) is 6.61 Å². The molecule has 0 N–H and O–H groups in total. The Labute approximate surface area is 162 Å². The lowest BCUT2D eigenvalue weighted by Gasteiger charge is -2.12. The standard InChI is InChI=1S/C26H26O/c1-3-5-18-27-20-21-12-17-26(25(19-21)9-4-2)24-15-13-23(14-16-24)22-10-7-6-8-11-22/h3-4,6-8,10-17,19H,1-2,5,9,18,20H2. The molecular formula is C26H26O. The van der Waals surface area contributed by atoms with E-state index in [2.05, 4.69) is 79.9 Å². The lowest BCUT2D eigenvalue weighted by molar-refractivity contribution is 0.125. The first kappa shape index (κ1) is 18.9. The second-order valence-corrected chi connectivity index (χ2v) is 6.56. The van der Waals surface area contributed by atoms with Crippen molar-refractivity contribution in [2.45, 2.75) is 19.4 Å². The summed E-state index contributed by atoms with van der Waals surface area (Å²) in [7, 11) is 0. The van der Waals surface area contributed by atoms with Crippen LogP contribution < -0.4 is 0 Å². The van der Waals surface area contributed by atoms with Gasteiger partial charge in [0.05, 0.1) is 13.2 Å². The predicted molar refractivity (Wildman–Crippen MR) is 116 cm³/mol. The van der Waals surface area contributed by atoms with E-state index >= 15 is 0 Å². The lowest BCUT2D eigenvalue weighted by Crippen LogP contribution is -1.97. The van der Waals surface area contributed by atoms with Gasteiger partial charge in [-0.25, -0.2) is 0 Å². The van der Waals surface area contributed by atoms with Gasteiger partial charge in [-0.2, -0.15) is 0 Å². The van der Waals surface area contributed by atoms with Crippen molar-refractivity contribution in [2.75, 3.05) is 6.61 Å². The predicted octanol–water partition coefficient (Wildman–Crippen LogP) is 6.84. The normalized spacial score (nSPS) is 10.5. The van der Waals surface area contributed by atoms with Crippen LogP contribution in [0.15, 0.2) is 98.1 Å². The molecule has 0 atom stereocenters. The van der Waals surface area contributed by atoms with Crippen molar-refractivity contribution in [3.05, 3.63) is 109 Å². The third-order valence-corrected chi connectivity index (χ3v) is 4.57. The fourth-order valence-corrected chi connectivity index (χ4v) is 3.17. The van der Waals surface area contributed by atoms with Crippen LogP contribution in [0.2, 0.25) is 0 Å². The van der Waals surface area contributed by atoms with Gasteiger partial charge in [0.25, 0.3) is 0 Å². The zero-order chi connectivity index (χ0) is 18.9. The maximum absolute atomic E-state index is 5.71. The highest BCUT2D eigenvalue weighted by Crippen LogP contribution is 2.28. The molecule has 27 heavy (non-hydrogen) atoms. The molecule has 0 aliphatic carbocycles. The first-order valence-electron chi connectivity index (χ1n) is 9.39. The smallest absolute Gasteiger partial charge is 0.0717 e. The molecule has 3 aromatic carbocycles. The lowest BCUT2D eigenvalue weighted by atomic mass is 9.94. The number of rotatable bonds is 9. The van der Waals surface area contributed by atoms with Crippen molar-refractivity contribution in [2.24, 2.45) is 0 Å². The van der Waals surface area contributed by atoms with Gasteiger partial charge in [-0.1, -0.05) is 84.9 Å². The van der Waals surface area contributed by atoms with Gasteiger partial charge in [-0.3, -0.25) is 0 Å². The largest absolute Gasteiger partial charge is 0.376 e. The van der Waals surface area contributed by atoms with Crippen LogP contribution in [0.3, 0.4) is 0 Å². The Balaban J connectivity index is 1.82. The minimum absolute atomic E-state index is 0.630. The van der Waals surface area contributed by atoms with Gasteiger partial charge in [0, 0.05) is 0 Å². The van der Waals surface area contributed by atoms with Crippen molar-refractivity contribution in [3.63, 3.8) is 0 Å². The van der Waals surface area contributed by atoms with Gasteiger partial charge in [-0.05, 0) is 46.2 Å². The van der Waals surface area contributed by atoms with Crippen LogP contribution in [0.1, 0.15) is 17.5 Å². The molecule has 1 nitrogen and oxygen atoms in total. The highest BCUT2D eigenvalue weighted by molar-refractivity contribution is 5.72. The first-order valence-corrected chi connectivity index (χ1v) is 9.39. The summed E-state index contributed by atoms with van der Waals surface area (Å²) in [5, 5.41) is 0. The van der Waals surface area contributed by atoms with Crippen LogP contribution in [0.25, 0.3) is 22.3 Å². The van der Waals surface area contributed by atoms with Crippen molar-refractivity contribution < 1.29 is 4.74 Å². The summed E-state index contributed by atoms with van der Waals surface area (Å²) in [5.74, 6) is 0. The highest BCUT2D eigenvalue weighted by atomic mass is 16.5.